The first-order valence-corrected chi connectivity index (χ1v) is 9.39. The fourth-order valence-corrected chi connectivity index (χ4v) is 4.44. The highest BCUT2D eigenvalue weighted by Crippen LogP contribution is 2.33. The van der Waals surface area contributed by atoms with Gasteiger partial charge in [-0.15, -0.1) is 0 Å². The molecule has 3 rings (SSSR count). The molecule has 24 heavy (non-hydrogen) atoms. The molecule has 0 saturated heterocycles. The van der Waals surface area contributed by atoms with Crippen molar-refractivity contribution in [3.05, 3.63) is 47.5 Å². The molecule has 0 saturated carbocycles. The number of methoxy groups -OCH3 is 1. The average molecular weight is 346 g/mol. The fraction of sp³-hybridized carbons (Fsp3) is 0.333. The number of benzene rings is 2. The molecule has 0 aliphatic carbocycles. The number of likely N-dealkylation sites (N-methyl/N-ethyl adjacent to an activating group) is 1. The highest BCUT2D eigenvalue weighted by Gasteiger charge is 2.25. The van der Waals surface area contributed by atoms with Crippen molar-refractivity contribution in [1.29, 1.82) is 0 Å². The Kier molecular flexibility index (Phi) is 4.51. The highest BCUT2D eigenvalue weighted by molar-refractivity contribution is 7.91. The summed E-state index contributed by atoms with van der Waals surface area (Å²) in [7, 11) is -0.0666. The van der Waals surface area contributed by atoms with Crippen molar-refractivity contribution in [3.8, 4) is 5.75 Å². The monoisotopic (exact) mass is 346 g/mol. The Hall–Kier alpha value is -2.05. The van der Waals surface area contributed by atoms with Crippen LogP contribution in [0.15, 0.2) is 46.2 Å². The number of nitrogen functional groups attached to an aromatic ring is 1. The molecule has 0 atom stereocenters. The molecule has 5 nitrogen and oxygen atoms in total. The minimum atomic E-state index is -3.65. The number of hydrogen-bond donors (Lipinski definition) is 1. The van der Waals surface area contributed by atoms with Crippen LogP contribution in [0.2, 0.25) is 0 Å². The van der Waals surface area contributed by atoms with Crippen LogP contribution in [0.3, 0.4) is 0 Å². The van der Waals surface area contributed by atoms with Crippen LogP contribution in [0, 0.1) is 0 Å². The van der Waals surface area contributed by atoms with Gasteiger partial charge in [0, 0.05) is 18.8 Å². The molecule has 1 aliphatic heterocycles. The highest BCUT2D eigenvalue weighted by atomic mass is 32.2. The summed E-state index contributed by atoms with van der Waals surface area (Å²) in [6.45, 7) is 1.88. The molecule has 0 radical (unpaired) electrons. The van der Waals surface area contributed by atoms with Crippen molar-refractivity contribution in [2.75, 3.05) is 33.0 Å². The molecule has 6 heteroatoms. The Labute approximate surface area is 143 Å². The smallest absolute Gasteiger partial charge is 0.210 e. The number of ether oxygens (including phenoxy) is 1. The lowest BCUT2D eigenvalue weighted by Gasteiger charge is -2.14. The van der Waals surface area contributed by atoms with Gasteiger partial charge in [-0.25, -0.2) is 8.42 Å². The van der Waals surface area contributed by atoms with Crippen molar-refractivity contribution in [3.63, 3.8) is 0 Å². The largest absolute Gasteiger partial charge is 0.495 e. The summed E-state index contributed by atoms with van der Waals surface area (Å²) in [6.07, 6.45) is 1.73. The molecule has 2 aromatic rings. The van der Waals surface area contributed by atoms with Gasteiger partial charge in [-0.3, -0.25) is 0 Å². The van der Waals surface area contributed by atoms with E-state index in [-0.39, 0.29) is 9.79 Å². The molecule has 1 aliphatic rings. The zero-order chi connectivity index (χ0) is 17.3. The van der Waals surface area contributed by atoms with Crippen molar-refractivity contribution < 1.29 is 13.2 Å². The van der Waals surface area contributed by atoms with Crippen LogP contribution in [0.5, 0.6) is 5.75 Å². The van der Waals surface area contributed by atoms with E-state index < -0.39 is 9.84 Å². The number of rotatable bonds is 3. The van der Waals surface area contributed by atoms with Gasteiger partial charge in [0.25, 0.3) is 0 Å². The summed E-state index contributed by atoms with van der Waals surface area (Å²) in [5.41, 5.74) is 8.43. The predicted octanol–water partition coefficient (Wildman–Crippen LogP) is 2.14. The van der Waals surface area contributed by atoms with Crippen molar-refractivity contribution >= 4 is 15.5 Å². The molecular weight excluding hydrogens is 324 g/mol. The van der Waals surface area contributed by atoms with Crippen molar-refractivity contribution in [2.24, 2.45) is 0 Å². The van der Waals surface area contributed by atoms with Crippen LogP contribution in [-0.2, 0) is 22.7 Å². The predicted molar refractivity (Wildman–Crippen MR) is 94.2 cm³/mol. The van der Waals surface area contributed by atoms with E-state index in [1.807, 2.05) is 6.07 Å². The number of nitrogens with zero attached hydrogens (tertiary/aromatic N) is 1. The molecular formula is C18H22N2O3S. The molecule has 0 bridgehead atoms. The Balaban J connectivity index is 2.11. The quantitative estimate of drug-likeness (QED) is 0.862. The summed E-state index contributed by atoms with van der Waals surface area (Å²) in [6, 6.07) is 9.90. The molecule has 0 amide bonds. The second-order valence-electron chi connectivity index (χ2n) is 6.15. The zero-order valence-electron chi connectivity index (χ0n) is 14.0. The lowest BCUT2D eigenvalue weighted by Crippen LogP contribution is -2.20. The van der Waals surface area contributed by atoms with E-state index in [1.165, 1.54) is 19.2 Å². The number of sulfone groups is 1. The molecule has 2 aromatic carbocycles. The Morgan fingerprint density at radius 1 is 1.04 bits per heavy atom. The number of anilines is 1. The summed E-state index contributed by atoms with van der Waals surface area (Å²) in [5, 5.41) is 0. The third kappa shape index (κ3) is 3.12. The third-order valence-corrected chi connectivity index (χ3v) is 6.28. The standard InChI is InChI=1S/C18H22N2O3S/c1-20-9-7-13-11-17(23-2)18(12-14(13)8-10-20)24(21,22)16-5-3-15(19)4-6-16/h3-6,11-12H,7-10,19H2,1-2H3. The first-order valence-electron chi connectivity index (χ1n) is 7.91. The fourth-order valence-electron chi connectivity index (χ4n) is 2.99. The summed E-state index contributed by atoms with van der Waals surface area (Å²) < 4.78 is 31.5. The SMILES string of the molecule is COc1cc2c(cc1S(=O)(=O)c1ccc(N)cc1)CCN(C)CC2. The van der Waals surface area contributed by atoms with Gasteiger partial charge in [0.1, 0.15) is 10.6 Å². The van der Waals surface area contributed by atoms with Crippen LogP contribution < -0.4 is 10.5 Å². The summed E-state index contributed by atoms with van der Waals surface area (Å²) in [4.78, 5) is 2.69. The summed E-state index contributed by atoms with van der Waals surface area (Å²) in [5.74, 6) is 0.398. The molecule has 1 heterocycles. The molecule has 2 N–H and O–H groups in total. The van der Waals surface area contributed by atoms with Gasteiger partial charge in [-0.1, -0.05) is 0 Å². The maximum absolute atomic E-state index is 13.0. The maximum Gasteiger partial charge on any atom is 0.210 e. The first-order chi connectivity index (χ1) is 11.4. The maximum atomic E-state index is 13.0. The Morgan fingerprint density at radius 3 is 2.21 bits per heavy atom. The van der Waals surface area contributed by atoms with E-state index in [2.05, 4.69) is 11.9 Å². The van der Waals surface area contributed by atoms with Crippen LogP contribution in [0.25, 0.3) is 0 Å². The van der Waals surface area contributed by atoms with Gasteiger partial charge in [0.15, 0.2) is 0 Å². The van der Waals surface area contributed by atoms with E-state index in [0.717, 1.165) is 37.1 Å². The lowest BCUT2D eigenvalue weighted by atomic mass is 10.0. The van der Waals surface area contributed by atoms with Crippen LogP contribution in [0.1, 0.15) is 11.1 Å². The molecule has 0 unspecified atom stereocenters. The lowest BCUT2D eigenvalue weighted by molar-refractivity contribution is 0.352. The van der Waals surface area contributed by atoms with Gasteiger partial charge in [0.2, 0.25) is 9.84 Å². The molecule has 0 aromatic heterocycles. The van der Waals surface area contributed by atoms with E-state index >= 15 is 0 Å². The van der Waals surface area contributed by atoms with Crippen LogP contribution in [0.4, 0.5) is 5.69 Å². The van der Waals surface area contributed by atoms with Gasteiger partial charge in [-0.2, -0.15) is 0 Å². The van der Waals surface area contributed by atoms with E-state index in [1.54, 1.807) is 18.2 Å². The van der Waals surface area contributed by atoms with Crippen LogP contribution >= 0.6 is 0 Å². The van der Waals surface area contributed by atoms with Gasteiger partial charge < -0.3 is 15.4 Å². The van der Waals surface area contributed by atoms with Gasteiger partial charge in [0.05, 0.1) is 12.0 Å². The third-order valence-electron chi connectivity index (χ3n) is 4.49. The normalized spacial score (nSPS) is 15.6. The minimum absolute atomic E-state index is 0.220. The number of hydrogen-bond acceptors (Lipinski definition) is 5. The molecule has 0 fully saturated rings. The van der Waals surface area contributed by atoms with Crippen LogP contribution in [-0.4, -0.2) is 40.6 Å². The average Bonchev–Trinajstić information content (AvgIpc) is 2.75. The van der Waals surface area contributed by atoms with E-state index in [9.17, 15) is 8.42 Å². The zero-order valence-corrected chi connectivity index (χ0v) is 14.8. The molecule has 128 valence electrons. The van der Waals surface area contributed by atoms with Crippen molar-refractivity contribution in [1.82, 2.24) is 4.90 Å². The van der Waals surface area contributed by atoms with E-state index in [4.69, 9.17) is 10.5 Å². The molecule has 0 spiro atoms. The number of nitrogens with two attached hydrogens (primary N) is 1. The van der Waals surface area contributed by atoms with Gasteiger partial charge in [-0.05, 0) is 67.4 Å². The Bertz CT molecular complexity index is 845. The Morgan fingerprint density at radius 2 is 1.62 bits per heavy atom. The van der Waals surface area contributed by atoms with Crippen molar-refractivity contribution in [2.45, 2.75) is 22.6 Å². The second-order valence-corrected chi connectivity index (χ2v) is 8.07. The topological polar surface area (TPSA) is 72.6 Å². The second kappa shape index (κ2) is 6.45. The van der Waals surface area contributed by atoms with Gasteiger partial charge >= 0.3 is 0 Å². The van der Waals surface area contributed by atoms with E-state index in [0.29, 0.717) is 11.4 Å². The number of fused-ring (bicyclic) bond motifs is 1. The summed E-state index contributed by atoms with van der Waals surface area (Å²) >= 11 is 0. The first kappa shape index (κ1) is 16.8. The minimum Gasteiger partial charge on any atom is -0.495 e.